The highest BCUT2D eigenvalue weighted by molar-refractivity contribution is 5.76. The van der Waals surface area contributed by atoms with Crippen molar-refractivity contribution in [1.29, 1.82) is 0 Å². The minimum atomic E-state index is -0.942. The van der Waals surface area contributed by atoms with Gasteiger partial charge in [0, 0.05) is 12.2 Å². The number of amides is 1. The van der Waals surface area contributed by atoms with Crippen molar-refractivity contribution in [2.24, 2.45) is 11.7 Å². The number of primary amides is 1. The van der Waals surface area contributed by atoms with Crippen molar-refractivity contribution in [3.63, 3.8) is 0 Å². The summed E-state index contributed by atoms with van der Waals surface area (Å²) >= 11 is 0. The number of imidazole rings is 1. The number of aromatic nitrogens is 2. The molecule has 2 heterocycles. The molecule has 1 unspecified atom stereocenters. The van der Waals surface area contributed by atoms with Gasteiger partial charge in [0.2, 0.25) is 0 Å². The van der Waals surface area contributed by atoms with Gasteiger partial charge in [-0.05, 0) is 68.0 Å². The average Bonchev–Trinajstić information content (AvgIpc) is 3.55. The van der Waals surface area contributed by atoms with Crippen molar-refractivity contribution in [2.45, 2.75) is 70.1 Å². The fourth-order valence-corrected chi connectivity index (χ4v) is 6.69. The highest BCUT2D eigenvalue weighted by Crippen LogP contribution is 2.50. The number of nitrogens with zero attached hydrogens (tertiary/aromatic N) is 3. The summed E-state index contributed by atoms with van der Waals surface area (Å²) in [5.74, 6) is 0.207. The molecule has 1 aromatic heterocycles. The normalized spacial score (nSPS) is 19.7. The van der Waals surface area contributed by atoms with Gasteiger partial charge in [-0.15, -0.1) is 0 Å². The Morgan fingerprint density at radius 2 is 2.00 bits per heavy atom. The third-order valence-corrected chi connectivity index (χ3v) is 8.05. The maximum atomic E-state index is 14.1. The fraction of sp³-hybridized carbons (Fsp3) is 0.481. The fourth-order valence-electron chi connectivity index (χ4n) is 6.69. The lowest BCUT2D eigenvalue weighted by Crippen LogP contribution is -2.66. The van der Waals surface area contributed by atoms with Crippen LogP contribution in [0.25, 0.3) is 11.0 Å². The molecule has 7 heteroatoms. The van der Waals surface area contributed by atoms with Crippen LogP contribution in [0.5, 0.6) is 0 Å². The Bertz CT molecular complexity index is 1200. The predicted octanol–water partition coefficient (Wildman–Crippen LogP) is 5.74. The van der Waals surface area contributed by atoms with Crippen molar-refractivity contribution in [1.82, 2.24) is 9.55 Å². The van der Waals surface area contributed by atoms with Crippen LogP contribution in [-0.2, 0) is 16.8 Å². The zero-order chi connectivity index (χ0) is 23.9. The molecule has 34 heavy (non-hydrogen) atoms. The molecule has 0 radical (unpaired) electrons. The Hall–Kier alpha value is -3.09. The van der Waals surface area contributed by atoms with Crippen LogP contribution in [0.15, 0.2) is 48.8 Å². The third kappa shape index (κ3) is 3.53. The summed E-state index contributed by atoms with van der Waals surface area (Å²) in [5.41, 5.74) is 7.75. The van der Waals surface area contributed by atoms with E-state index in [4.69, 9.17) is 15.5 Å². The van der Waals surface area contributed by atoms with Gasteiger partial charge in [0.05, 0.1) is 17.4 Å². The van der Waals surface area contributed by atoms with Crippen LogP contribution in [0.4, 0.5) is 14.9 Å². The van der Waals surface area contributed by atoms with Gasteiger partial charge in [-0.2, -0.15) is 0 Å². The van der Waals surface area contributed by atoms with E-state index in [1.165, 1.54) is 18.9 Å². The molecule has 0 spiro atoms. The quantitative estimate of drug-likeness (QED) is 0.484. The molecule has 6 nitrogen and oxygen atoms in total. The molecule has 0 saturated heterocycles. The topological polar surface area (TPSA) is 73.4 Å². The molecule has 2 aliphatic rings. The van der Waals surface area contributed by atoms with Gasteiger partial charge in [0.25, 0.3) is 0 Å². The van der Waals surface area contributed by atoms with Gasteiger partial charge < -0.3 is 19.9 Å². The van der Waals surface area contributed by atoms with E-state index in [1.807, 2.05) is 37.5 Å². The highest BCUT2D eigenvalue weighted by Gasteiger charge is 2.57. The van der Waals surface area contributed by atoms with Crippen LogP contribution < -0.4 is 10.6 Å². The standard InChI is InChI=1S/C27H33FN4O2/c1-3-27(32-18-30-22-10-6-7-11-24(22)32,31-15-14-20-16-21(28)12-13-23(20)31)26(2,34-25(29)33)17-19-8-4-5-9-19/h6-7,10-13,16,18-19H,3-5,8-9,14-15,17H2,1-2H3,(H2,29,33)/t26-,27?/m0/s1. The summed E-state index contributed by atoms with van der Waals surface area (Å²) in [6.07, 6.45) is 7.75. The van der Waals surface area contributed by atoms with E-state index in [1.54, 1.807) is 6.07 Å². The van der Waals surface area contributed by atoms with Gasteiger partial charge in [0.15, 0.2) is 11.3 Å². The van der Waals surface area contributed by atoms with Gasteiger partial charge in [0.1, 0.15) is 5.82 Å². The van der Waals surface area contributed by atoms with E-state index < -0.39 is 17.4 Å². The molecule has 1 amide bonds. The van der Waals surface area contributed by atoms with Crippen molar-refractivity contribution in [3.8, 4) is 0 Å². The number of para-hydroxylation sites is 2. The van der Waals surface area contributed by atoms with Crippen LogP contribution in [0.1, 0.15) is 57.9 Å². The summed E-state index contributed by atoms with van der Waals surface area (Å²) in [7, 11) is 0. The van der Waals surface area contributed by atoms with E-state index in [2.05, 4.69) is 22.5 Å². The number of benzene rings is 2. The number of hydrogen-bond donors (Lipinski definition) is 1. The minimum Gasteiger partial charge on any atom is -0.439 e. The Morgan fingerprint density at radius 1 is 1.24 bits per heavy atom. The Labute approximate surface area is 199 Å². The van der Waals surface area contributed by atoms with Crippen LogP contribution in [0.2, 0.25) is 0 Å². The van der Waals surface area contributed by atoms with Gasteiger partial charge in [-0.1, -0.05) is 44.7 Å². The molecule has 2 aromatic carbocycles. The van der Waals surface area contributed by atoms with Gasteiger partial charge >= 0.3 is 6.09 Å². The first-order chi connectivity index (χ1) is 16.4. The molecule has 2 atom stereocenters. The monoisotopic (exact) mass is 464 g/mol. The number of hydrogen-bond acceptors (Lipinski definition) is 4. The van der Waals surface area contributed by atoms with E-state index >= 15 is 0 Å². The molecule has 1 aliphatic carbocycles. The molecule has 1 aliphatic heterocycles. The maximum Gasteiger partial charge on any atom is 0.405 e. The lowest BCUT2D eigenvalue weighted by Gasteiger charge is -2.54. The number of anilines is 1. The largest absolute Gasteiger partial charge is 0.439 e. The smallest absolute Gasteiger partial charge is 0.405 e. The highest BCUT2D eigenvalue weighted by atomic mass is 19.1. The number of rotatable bonds is 7. The Kier molecular flexibility index (Phi) is 5.74. The summed E-state index contributed by atoms with van der Waals surface area (Å²) in [6.45, 7) is 4.82. The van der Waals surface area contributed by atoms with E-state index in [9.17, 15) is 9.18 Å². The average molecular weight is 465 g/mol. The molecular formula is C27H33FN4O2. The van der Waals surface area contributed by atoms with Crippen molar-refractivity contribution in [2.75, 3.05) is 11.4 Å². The second-order valence-corrected chi connectivity index (χ2v) is 9.95. The molecule has 0 bridgehead atoms. The number of fused-ring (bicyclic) bond motifs is 2. The second kappa shape index (κ2) is 8.60. The zero-order valence-electron chi connectivity index (χ0n) is 20.0. The number of halogens is 1. The lowest BCUT2D eigenvalue weighted by atomic mass is 9.77. The number of carbonyl (C=O) groups excluding carboxylic acids is 1. The maximum absolute atomic E-state index is 14.1. The zero-order valence-corrected chi connectivity index (χ0v) is 20.0. The molecular weight excluding hydrogens is 431 g/mol. The predicted molar refractivity (Wildman–Crippen MR) is 131 cm³/mol. The SMILES string of the molecule is CCC(N1CCc2cc(F)ccc21)(n1cnc2ccccc21)[C@](C)(CC1CCCC1)OC(N)=O. The molecule has 1 saturated carbocycles. The van der Waals surface area contributed by atoms with E-state index in [0.717, 1.165) is 41.5 Å². The Balaban J connectivity index is 1.76. The minimum absolute atomic E-state index is 0.238. The van der Waals surface area contributed by atoms with Gasteiger partial charge in [-0.25, -0.2) is 14.2 Å². The first-order valence-corrected chi connectivity index (χ1v) is 12.3. The summed E-state index contributed by atoms with van der Waals surface area (Å²) in [6, 6.07) is 13.0. The van der Waals surface area contributed by atoms with Crippen molar-refractivity contribution in [3.05, 3.63) is 60.2 Å². The molecule has 180 valence electrons. The number of carbonyl (C=O) groups is 1. The number of ether oxygens (including phenoxy) is 1. The van der Waals surface area contributed by atoms with E-state index in [-0.39, 0.29) is 5.82 Å². The number of nitrogens with two attached hydrogens (primary N) is 1. The molecule has 3 aromatic rings. The Morgan fingerprint density at radius 3 is 2.74 bits per heavy atom. The first-order valence-electron chi connectivity index (χ1n) is 12.3. The first kappa shape index (κ1) is 22.7. The summed E-state index contributed by atoms with van der Waals surface area (Å²) < 4.78 is 22.4. The molecule has 5 rings (SSSR count). The lowest BCUT2D eigenvalue weighted by molar-refractivity contribution is -0.0839. The van der Waals surface area contributed by atoms with Crippen molar-refractivity contribution < 1.29 is 13.9 Å². The van der Waals surface area contributed by atoms with Crippen LogP contribution in [0, 0.1) is 11.7 Å². The molecule has 2 N–H and O–H groups in total. The summed E-state index contributed by atoms with van der Waals surface area (Å²) in [5, 5.41) is 0. The molecule has 1 fully saturated rings. The summed E-state index contributed by atoms with van der Waals surface area (Å²) in [4.78, 5) is 19.4. The van der Waals surface area contributed by atoms with Crippen LogP contribution in [0.3, 0.4) is 0 Å². The van der Waals surface area contributed by atoms with Crippen LogP contribution in [-0.4, -0.2) is 27.8 Å². The van der Waals surface area contributed by atoms with Crippen molar-refractivity contribution >= 4 is 22.8 Å². The van der Waals surface area contributed by atoms with Gasteiger partial charge in [-0.3, -0.25) is 0 Å². The third-order valence-electron chi connectivity index (χ3n) is 8.05. The van der Waals surface area contributed by atoms with Crippen LogP contribution >= 0.6 is 0 Å². The second-order valence-electron chi connectivity index (χ2n) is 9.95. The van der Waals surface area contributed by atoms with E-state index in [0.29, 0.717) is 25.3 Å².